The summed E-state index contributed by atoms with van der Waals surface area (Å²) in [5.41, 5.74) is -0.442. The van der Waals surface area contributed by atoms with Gasteiger partial charge in [0.1, 0.15) is 10.6 Å². The minimum Gasteiger partial charge on any atom is -0.444 e. The molecular formula is C16H27N3O2S. The summed E-state index contributed by atoms with van der Waals surface area (Å²) in [6.07, 6.45) is 3.85. The van der Waals surface area contributed by atoms with Gasteiger partial charge in [-0.1, -0.05) is 0 Å². The maximum absolute atomic E-state index is 11.7. The van der Waals surface area contributed by atoms with Crippen LogP contribution in [0.5, 0.6) is 0 Å². The van der Waals surface area contributed by atoms with E-state index in [0.29, 0.717) is 18.5 Å². The summed E-state index contributed by atoms with van der Waals surface area (Å²) in [5, 5.41) is 6.09. The van der Waals surface area contributed by atoms with Gasteiger partial charge in [-0.05, 0) is 53.0 Å². The normalized spacial score (nSPS) is 21.4. The van der Waals surface area contributed by atoms with Crippen molar-refractivity contribution in [1.29, 1.82) is 0 Å². The largest absolute Gasteiger partial charge is 0.444 e. The SMILES string of the molecule is C[C@H](c1nccs1)N1CCC[C@@H](CNC(=O)OC(C)(C)C)C1. The first kappa shape index (κ1) is 17.2. The molecule has 1 saturated heterocycles. The van der Waals surface area contributed by atoms with Gasteiger partial charge in [0.15, 0.2) is 0 Å². The maximum Gasteiger partial charge on any atom is 0.407 e. The first-order valence-corrected chi connectivity index (χ1v) is 8.83. The Labute approximate surface area is 137 Å². The van der Waals surface area contributed by atoms with E-state index in [9.17, 15) is 4.79 Å². The summed E-state index contributed by atoms with van der Waals surface area (Å²) < 4.78 is 5.29. The van der Waals surface area contributed by atoms with Crippen LogP contribution in [0.25, 0.3) is 0 Å². The average molecular weight is 325 g/mol. The second-order valence-corrected chi connectivity index (χ2v) is 7.86. The van der Waals surface area contributed by atoms with E-state index in [0.717, 1.165) is 25.9 Å². The Hall–Kier alpha value is -1.14. The van der Waals surface area contributed by atoms with Crippen molar-refractivity contribution in [3.63, 3.8) is 0 Å². The predicted octanol–water partition coefficient (Wildman–Crippen LogP) is 3.44. The van der Waals surface area contributed by atoms with Gasteiger partial charge >= 0.3 is 6.09 Å². The van der Waals surface area contributed by atoms with Crippen molar-refractivity contribution in [3.8, 4) is 0 Å². The molecule has 1 aliphatic rings. The Balaban J connectivity index is 1.80. The zero-order chi connectivity index (χ0) is 16.2. The third-order valence-corrected chi connectivity index (χ3v) is 4.79. The van der Waals surface area contributed by atoms with E-state index < -0.39 is 5.60 Å². The average Bonchev–Trinajstić information content (AvgIpc) is 2.97. The summed E-state index contributed by atoms with van der Waals surface area (Å²) in [4.78, 5) is 18.6. The number of nitrogens with zero attached hydrogens (tertiary/aromatic N) is 2. The van der Waals surface area contributed by atoms with Crippen LogP contribution in [0.3, 0.4) is 0 Å². The maximum atomic E-state index is 11.7. The van der Waals surface area contributed by atoms with Crippen molar-refractivity contribution in [3.05, 3.63) is 16.6 Å². The number of thiazole rings is 1. The van der Waals surface area contributed by atoms with Crippen LogP contribution in [0, 0.1) is 5.92 Å². The van der Waals surface area contributed by atoms with Gasteiger partial charge in [-0.2, -0.15) is 0 Å². The first-order chi connectivity index (χ1) is 10.3. The monoisotopic (exact) mass is 325 g/mol. The van der Waals surface area contributed by atoms with Gasteiger partial charge in [0.05, 0.1) is 6.04 Å². The van der Waals surface area contributed by atoms with E-state index in [1.807, 2.05) is 32.3 Å². The van der Waals surface area contributed by atoms with Gasteiger partial charge in [0, 0.05) is 24.7 Å². The van der Waals surface area contributed by atoms with Crippen LogP contribution in [0.15, 0.2) is 11.6 Å². The van der Waals surface area contributed by atoms with Gasteiger partial charge in [0.2, 0.25) is 0 Å². The zero-order valence-electron chi connectivity index (χ0n) is 14.0. The van der Waals surface area contributed by atoms with Crippen molar-refractivity contribution in [2.75, 3.05) is 19.6 Å². The second-order valence-electron chi connectivity index (χ2n) is 6.93. The minimum atomic E-state index is -0.442. The molecule has 1 aromatic rings. The number of alkyl carbamates (subject to hydrolysis) is 1. The van der Waals surface area contributed by atoms with E-state index in [-0.39, 0.29) is 6.09 Å². The highest BCUT2D eigenvalue weighted by molar-refractivity contribution is 7.09. The van der Waals surface area contributed by atoms with Crippen molar-refractivity contribution in [2.24, 2.45) is 5.92 Å². The summed E-state index contributed by atoms with van der Waals surface area (Å²) >= 11 is 1.71. The quantitative estimate of drug-likeness (QED) is 0.921. The molecule has 0 aliphatic carbocycles. The van der Waals surface area contributed by atoms with Crippen molar-refractivity contribution in [1.82, 2.24) is 15.2 Å². The van der Waals surface area contributed by atoms with Crippen LogP contribution in [-0.4, -0.2) is 41.2 Å². The molecule has 2 atom stereocenters. The topological polar surface area (TPSA) is 54.5 Å². The number of carbonyl (C=O) groups excluding carboxylic acids is 1. The van der Waals surface area contributed by atoms with Gasteiger partial charge in [0.25, 0.3) is 0 Å². The Morgan fingerprint density at radius 2 is 2.36 bits per heavy atom. The molecule has 22 heavy (non-hydrogen) atoms. The third kappa shape index (κ3) is 5.25. The van der Waals surface area contributed by atoms with Gasteiger partial charge in [-0.15, -0.1) is 11.3 Å². The zero-order valence-corrected chi connectivity index (χ0v) is 14.8. The van der Waals surface area contributed by atoms with Crippen LogP contribution in [0.4, 0.5) is 4.79 Å². The standard InChI is InChI=1S/C16H27N3O2S/c1-12(14-17-7-9-22-14)19-8-5-6-13(11-19)10-18-15(20)21-16(2,3)4/h7,9,12-13H,5-6,8,10-11H2,1-4H3,(H,18,20)/t12-,13+/m1/s1. The fourth-order valence-corrected chi connectivity index (χ4v) is 3.48. The van der Waals surface area contributed by atoms with Crippen LogP contribution in [0.1, 0.15) is 51.6 Å². The number of ether oxygens (including phenoxy) is 1. The predicted molar refractivity (Wildman–Crippen MR) is 89.1 cm³/mol. The van der Waals surface area contributed by atoms with Crippen molar-refractivity contribution in [2.45, 2.75) is 52.2 Å². The number of piperidine rings is 1. The molecule has 0 saturated carbocycles. The van der Waals surface area contributed by atoms with Gasteiger partial charge < -0.3 is 10.1 Å². The molecule has 1 amide bonds. The lowest BCUT2D eigenvalue weighted by molar-refractivity contribution is 0.0501. The smallest absolute Gasteiger partial charge is 0.407 e. The minimum absolute atomic E-state index is 0.322. The molecule has 1 aromatic heterocycles. The van der Waals surface area contributed by atoms with Crippen LogP contribution >= 0.6 is 11.3 Å². The number of hydrogen-bond donors (Lipinski definition) is 1. The first-order valence-electron chi connectivity index (χ1n) is 7.95. The summed E-state index contributed by atoms with van der Waals surface area (Å²) in [6.45, 7) is 10.6. The highest BCUT2D eigenvalue weighted by Gasteiger charge is 2.26. The van der Waals surface area contributed by atoms with Gasteiger partial charge in [-0.3, -0.25) is 4.90 Å². The molecule has 0 bridgehead atoms. The number of carbonyl (C=O) groups is 1. The molecule has 1 fully saturated rings. The van der Waals surface area contributed by atoms with Crippen molar-refractivity contribution >= 4 is 17.4 Å². The fourth-order valence-electron chi connectivity index (χ4n) is 2.75. The van der Waals surface area contributed by atoms with Crippen LogP contribution in [-0.2, 0) is 4.74 Å². The lowest BCUT2D eigenvalue weighted by Crippen LogP contribution is -2.43. The summed E-state index contributed by atoms with van der Waals surface area (Å²) in [5.74, 6) is 0.476. The fraction of sp³-hybridized carbons (Fsp3) is 0.750. The number of nitrogens with one attached hydrogen (secondary N) is 1. The highest BCUT2D eigenvalue weighted by Crippen LogP contribution is 2.27. The number of hydrogen-bond acceptors (Lipinski definition) is 5. The molecule has 0 aromatic carbocycles. The highest BCUT2D eigenvalue weighted by atomic mass is 32.1. The Bertz CT molecular complexity index is 470. The number of amides is 1. The summed E-state index contributed by atoms with van der Waals surface area (Å²) in [7, 11) is 0. The van der Waals surface area contributed by atoms with E-state index in [4.69, 9.17) is 4.74 Å². The lowest BCUT2D eigenvalue weighted by atomic mass is 9.97. The van der Waals surface area contributed by atoms with Gasteiger partial charge in [-0.25, -0.2) is 9.78 Å². The second kappa shape index (κ2) is 7.42. The number of rotatable bonds is 4. The molecule has 0 spiro atoms. The molecule has 6 heteroatoms. The molecule has 1 aliphatic heterocycles. The number of likely N-dealkylation sites (tertiary alicyclic amines) is 1. The Morgan fingerprint density at radius 3 is 3.00 bits per heavy atom. The molecule has 5 nitrogen and oxygen atoms in total. The van der Waals surface area contributed by atoms with E-state index in [1.54, 1.807) is 11.3 Å². The van der Waals surface area contributed by atoms with E-state index in [2.05, 4.69) is 22.1 Å². The summed E-state index contributed by atoms with van der Waals surface area (Å²) in [6, 6.07) is 0.351. The van der Waals surface area contributed by atoms with E-state index >= 15 is 0 Å². The molecule has 1 N–H and O–H groups in total. The molecule has 124 valence electrons. The molecular weight excluding hydrogens is 298 g/mol. The van der Waals surface area contributed by atoms with Crippen molar-refractivity contribution < 1.29 is 9.53 Å². The van der Waals surface area contributed by atoms with Crippen LogP contribution < -0.4 is 5.32 Å². The molecule has 0 radical (unpaired) electrons. The lowest BCUT2D eigenvalue weighted by Gasteiger charge is -2.36. The number of aromatic nitrogens is 1. The van der Waals surface area contributed by atoms with E-state index in [1.165, 1.54) is 5.01 Å². The Morgan fingerprint density at radius 1 is 1.59 bits per heavy atom. The molecule has 0 unspecified atom stereocenters. The Kier molecular flexibility index (Phi) is 5.81. The molecule has 2 heterocycles. The van der Waals surface area contributed by atoms with Crippen LogP contribution in [0.2, 0.25) is 0 Å². The third-order valence-electron chi connectivity index (χ3n) is 3.84. The molecule has 2 rings (SSSR count).